The van der Waals surface area contributed by atoms with Gasteiger partial charge in [0.05, 0.1) is 23.8 Å². The van der Waals surface area contributed by atoms with Crippen LogP contribution in [0.4, 0.5) is 0 Å². The van der Waals surface area contributed by atoms with Gasteiger partial charge >= 0.3 is 0 Å². The molecule has 0 saturated heterocycles. The highest BCUT2D eigenvalue weighted by atomic mass is 16.5. The monoisotopic (exact) mass is 488 g/mol. The molecule has 2 unspecified atom stereocenters. The molecule has 0 aliphatic carbocycles. The summed E-state index contributed by atoms with van der Waals surface area (Å²) in [4.78, 5) is 25.6. The lowest BCUT2D eigenvalue weighted by atomic mass is 9.99. The number of ether oxygens (including phenoxy) is 1. The van der Waals surface area contributed by atoms with E-state index in [0.29, 0.717) is 36.3 Å². The molecule has 0 bridgehead atoms. The van der Waals surface area contributed by atoms with Gasteiger partial charge in [-0.1, -0.05) is 66.2 Å². The predicted molar refractivity (Wildman–Crippen MR) is 141 cm³/mol. The van der Waals surface area contributed by atoms with E-state index in [2.05, 4.69) is 27.7 Å². The predicted octanol–water partition coefficient (Wildman–Crippen LogP) is 6.26. The molecule has 0 fully saturated rings. The second-order valence-electron chi connectivity index (χ2n) is 9.75. The third kappa shape index (κ3) is 7.15. The van der Waals surface area contributed by atoms with E-state index in [-0.39, 0.29) is 23.0 Å². The third-order valence-corrected chi connectivity index (χ3v) is 7.19. The number of pyridine rings is 2. The van der Waals surface area contributed by atoms with Crippen LogP contribution in [0.2, 0.25) is 0 Å². The molecule has 2 atom stereocenters. The molecule has 7 nitrogen and oxygen atoms in total. The molecule has 2 heterocycles. The van der Waals surface area contributed by atoms with E-state index in [0.717, 1.165) is 51.4 Å². The molecule has 0 aliphatic rings. The second kappa shape index (κ2) is 13.4. The highest BCUT2D eigenvalue weighted by Gasteiger charge is 2.20. The summed E-state index contributed by atoms with van der Waals surface area (Å²) in [6.45, 7) is 13.3. The Morgan fingerprint density at radius 2 is 1.11 bits per heavy atom. The summed E-state index contributed by atoms with van der Waals surface area (Å²) in [6, 6.07) is 0. The maximum absolute atomic E-state index is 12.8. The normalized spacial score (nSPS) is 13.1. The van der Waals surface area contributed by atoms with E-state index in [9.17, 15) is 19.8 Å². The first-order chi connectivity index (χ1) is 16.7. The first-order valence-electron chi connectivity index (χ1n) is 13.2. The fourth-order valence-electron chi connectivity index (χ4n) is 4.46. The fraction of sp³-hybridized carbons (Fsp3) is 0.643. The van der Waals surface area contributed by atoms with Crippen molar-refractivity contribution in [2.75, 3.05) is 0 Å². The summed E-state index contributed by atoms with van der Waals surface area (Å²) in [6.07, 6.45) is 11.7. The third-order valence-electron chi connectivity index (χ3n) is 7.19. The molecule has 7 heteroatoms. The second-order valence-corrected chi connectivity index (χ2v) is 9.75. The number of aromatic hydroxyl groups is 2. The van der Waals surface area contributed by atoms with E-state index in [1.165, 1.54) is 0 Å². The molecule has 0 amide bonds. The van der Waals surface area contributed by atoms with Crippen molar-refractivity contribution in [2.24, 2.45) is 11.8 Å². The summed E-state index contributed by atoms with van der Waals surface area (Å²) in [5.41, 5.74) is -0.382. The first kappa shape index (κ1) is 28.5. The quantitative estimate of drug-likeness (QED) is 0.327. The van der Waals surface area contributed by atoms with Crippen LogP contribution in [0.3, 0.4) is 0 Å². The summed E-state index contributed by atoms with van der Waals surface area (Å²) >= 11 is 0. The summed E-state index contributed by atoms with van der Waals surface area (Å²) in [7, 11) is 0. The zero-order chi connectivity index (χ0) is 26.1. The van der Waals surface area contributed by atoms with Gasteiger partial charge in [-0.15, -0.1) is 0 Å². The molecule has 196 valence electrons. The molecular formula is C28H44N2O5. The van der Waals surface area contributed by atoms with Gasteiger partial charge in [-0.25, -0.2) is 0 Å². The fourth-order valence-corrected chi connectivity index (χ4v) is 4.46. The Balaban J connectivity index is 2.44. The molecule has 0 aliphatic heterocycles. The Hall–Kier alpha value is -2.70. The minimum Gasteiger partial charge on any atom is -0.503 e. The molecule has 2 aromatic rings. The topological polar surface area (TPSA) is 93.7 Å². The summed E-state index contributed by atoms with van der Waals surface area (Å²) in [5.74, 6) is -0.201. The molecule has 2 N–H and O–H groups in total. The van der Waals surface area contributed by atoms with Gasteiger partial charge in [-0.2, -0.15) is 0 Å². The number of rotatable bonds is 14. The van der Waals surface area contributed by atoms with Crippen molar-refractivity contribution in [1.29, 1.82) is 0 Å². The standard InChI is InChI=1S/C28H44N2O5/c1-7-11-13-21(9-3)15-29-17-23(27(33)25(31)19(29)5)35-24-18-30(20(6)26(32)28(24)34)16-22(10-4)14-12-8-2/h17-18,21-22,31-32H,7-16H2,1-6H3. The van der Waals surface area contributed by atoms with Crippen LogP contribution in [0, 0.1) is 25.7 Å². The Kier molecular flexibility index (Phi) is 10.9. The summed E-state index contributed by atoms with van der Waals surface area (Å²) < 4.78 is 9.47. The van der Waals surface area contributed by atoms with Crippen molar-refractivity contribution in [3.63, 3.8) is 0 Å². The van der Waals surface area contributed by atoms with E-state index in [1.54, 1.807) is 26.2 Å². The molecule has 0 radical (unpaired) electrons. The van der Waals surface area contributed by atoms with Gasteiger partial charge in [-0.3, -0.25) is 9.59 Å². The van der Waals surface area contributed by atoms with Gasteiger partial charge < -0.3 is 24.1 Å². The minimum absolute atomic E-state index is 0.122. The average Bonchev–Trinajstić information content (AvgIpc) is 2.86. The number of hydrogen-bond donors (Lipinski definition) is 2. The zero-order valence-corrected chi connectivity index (χ0v) is 22.4. The van der Waals surface area contributed by atoms with Crippen molar-refractivity contribution in [1.82, 2.24) is 9.13 Å². The van der Waals surface area contributed by atoms with Gasteiger partial charge in [0, 0.05) is 13.1 Å². The van der Waals surface area contributed by atoms with Crippen LogP contribution in [0.5, 0.6) is 23.0 Å². The number of aromatic nitrogens is 2. The van der Waals surface area contributed by atoms with Crippen LogP contribution >= 0.6 is 0 Å². The van der Waals surface area contributed by atoms with E-state index in [4.69, 9.17) is 4.74 Å². The van der Waals surface area contributed by atoms with Gasteiger partial charge in [0.15, 0.2) is 23.0 Å². The van der Waals surface area contributed by atoms with Crippen molar-refractivity contribution in [3.05, 3.63) is 44.2 Å². The number of nitrogens with zero attached hydrogens (tertiary/aromatic N) is 2. The van der Waals surface area contributed by atoms with Gasteiger partial charge in [-0.05, 0) is 38.5 Å². The Bertz CT molecular complexity index is 1000. The van der Waals surface area contributed by atoms with Crippen LogP contribution in [0.1, 0.15) is 90.4 Å². The Labute approximate surface area is 209 Å². The van der Waals surface area contributed by atoms with Crippen LogP contribution in [0.25, 0.3) is 0 Å². The first-order valence-corrected chi connectivity index (χ1v) is 13.2. The van der Waals surface area contributed by atoms with Gasteiger partial charge in [0.25, 0.3) is 10.9 Å². The van der Waals surface area contributed by atoms with E-state index >= 15 is 0 Å². The average molecular weight is 489 g/mol. The highest BCUT2D eigenvalue weighted by Crippen LogP contribution is 2.26. The summed E-state index contributed by atoms with van der Waals surface area (Å²) in [5, 5.41) is 21.0. The highest BCUT2D eigenvalue weighted by molar-refractivity contribution is 5.40. The SMILES string of the molecule is CCCCC(CC)Cn1cc(Oc2cn(CC(CC)CCCC)c(C)c(O)c2=O)c(=O)c(O)c1C. The Morgan fingerprint density at radius 1 is 0.743 bits per heavy atom. The molecule has 0 spiro atoms. The van der Waals surface area contributed by atoms with Crippen molar-refractivity contribution >= 4 is 0 Å². The minimum atomic E-state index is -0.666. The lowest BCUT2D eigenvalue weighted by molar-refractivity contribution is 0.361. The largest absolute Gasteiger partial charge is 0.503 e. The van der Waals surface area contributed by atoms with Crippen LogP contribution in [-0.2, 0) is 13.1 Å². The molecule has 35 heavy (non-hydrogen) atoms. The van der Waals surface area contributed by atoms with E-state index < -0.39 is 10.9 Å². The smallest absolute Gasteiger partial charge is 0.265 e. The van der Waals surface area contributed by atoms with E-state index in [1.807, 2.05) is 9.13 Å². The van der Waals surface area contributed by atoms with Gasteiger partial charge in [0.1, 0.15) is 0 Å². The van der Waals surface area contributed by atoms with Crippen molar-refractivity contribution < 1.29 is 14.9 Å². The van der Waals surface area contributed by atoms with Gasteiger partial charge in [0.2, 0.25) is 0 Å². The number of unbranched alkanes of at least 4 members (excludes halogenated alkanes) is 2. The maximum atomic E-state index is 12.8. The van der Waals surface area contributed by atoms with Crippen LogP contribution in [0.15, 0.2) is 22.0 Å². The lowest BCUT2D eigenvalue weighted by Crippen LogP contribution is -2.20. The molecule has 2 aromatic heterocycles. The molecule has 0 aromatic carbocycles. The molecular weight excluding hydrogens is 444 g/mol. The maximum Gasteiger partial charge on any atom is 0.265 e. The van der Waals surface area contributed by atoms with Crippen molar-refractivity contribution in [2.45, 2.75) is 106 Å². The zero-order valence-electron chi connectivity index (χ0n) is 22.4. The Morgan fingerprint density at radius 3 is 1.43 bits per heavy atom. The van der Waals surface area contributed by atoms with Crippen LogP contribution < -0.4 is 15.6 Å². The molecule has 2 rings (SSSR count). The van der Waals surface area contributed by atoms with Crippen LogP contribution in [-0.4, -0.2) is 19.3 Å². The molecule has 0 saturated carbocycles. The lowest BCUT2D eigenvalue weighted by Gasteiger charge is -2.21. The van der Waals surface area contributed by atoms with Crippen molar-refractivity contribution in [3.8, 4) is 23.0 Å². The number of hydrogen-bond acceptors (Lipinski definition) is 5.